The molecule has 7 nitrogen and oxygen atoms in total. The molecule has 102 valence electrons. The van der Waals surface area contributed by atoms with Crippen molar-refractivity contribution in [2.75, 3.05) is 11.4 Å². The Bertz CT molecular complexity index is 647. The predicted molar refractivity (Wildman–Crippen MR) is 69.3 cm³/mol. The molecule has 1 aromatic rings. The number of nitro benzene ring substituents is 1. The Morgan fingerprint density at radius 1 is 1.55 bits per heavy atom. The summed E-state index contributed by atoms with van der Waals surface area (Å²) in [5, 5.41) is 19.9. The molecular formula is C13H10N2O5. The zero-order valence-corrected chi connectivity index (χ0v) is 10.3. The number of carbonyl (C=O) groups excluding carboxylic acids is 1. The Morgan fingerprint density at radius 3 is 2.75 bits per heavy atom. The summed E-state index contributed by atoms with van der Waals surface area (Å²) in [5.74, 6) is 0.525. The standard InChI is InChI=1S/C13H10N2O5/c1-2-8-5-12(16)14(7-8)11-6-9(15(19)20)3-4-10(11)13(17)18/h1,3-4,6,8H,5,7H2,(H,17,18). The van der Waals surface area contributed by atoms with Crippen molar-refractivity contribution in [3.8, 4) is 12.3 Å². The number of benzene rings is 1. The zero-order chi connectivity index (χ0) is 14.9. The fourth-order valence-corrected chi connectivity index (χ4v) is 2.09. The molecule has 0 aliphatic carbocycles. The summed E-state index contributed by atoms with van der Waals surface area (Å²) < 4.78 is 0. The van der Waals surface area contributed by atoms with Crippen molar-refractivity contribution in [2.24, 2.45) is 5.92 Å². The molecule has 1 atom stereocenters. The number of carboxylic acid groups (broad SMARTS) is 1. The molecule has 1 saturated heterocycles. The molecule has 0 aromatic heterocycles. The van der Waals surface area contributed by atoms with Crippen molar-refractivity contribution in [3.63, 3.8) is 0 Å². The first-order valence-electron chi connectivity index (χ1n) is 5.72. The van der Waals surface area contributed by atoms with E-state index in [1.165, 1.54) is 4.90 Å². The Balaban J connectivity index is 2.51. The molecule has 1 unspecified atom stereocenters. The summed E-state index contributed by atoms with van der Waals surface area (Å²) >= 11 is 0. The topological polar surface area (TPSA) is 101 Å². The third kappa shape index (κ3) is 2.31. The van der Waals surface area contributed by atoms with Gasteiger partial charge in [-0.25, -0.2) is 4.79 Å². The molecule has 7 heteroatoms. The molecule has 1 aromatic carbocycles. The lowest BCUT2D eigenvalue weighted by molar-refractivity contribution is -0.384. The first kappa shape index (κ1) is 13.5. The molecule has 0 bridgehead atoms. The average molecular weight is 274 g/mol. The fraction of sp³-hybridized carbons (Fsp3) is 0.231. The summed E-state index contributed by atoms with van der Waals surface area (Å²) in [6.45, 7) is 0.163. The van der Waals surface area contributed by atoms with Crippen LogP contribution in [0.5, 0.6) is 0 Å². The van der Waals surface area contributed by atoms with Crippen LogP contribution >= 0.6 is 0 Å². The molecule has 1 amide bonds. The van der Waals surface area contributed by atoms with Gasteiger partial charge in [-0.1, -0.05) is 0 Å². The number of terminal acetylenes is 1. The summed E-state index contributed by atoms with van der Waals surface area (Å²) in [7, 11) is 0. The van der Waals surface area contributed by atoms with Crippen molar-refractivity contribution in [2.45, 2.75) is 6.42 Å². The Labute approximate surface area is 114 Å². The maximum Gasteiger partial charge on any atom is 0.337 e. The molecule has 1 N–H and O–H groups in total. The van der Waals surface area contributed by atoms with E-state index >= 15 is 0 Å². The maximum atomic E-state index is 11.9. The molecule has 2 rings (SSSR count). The SMILES string of the molecule is C#CC1CC(=O)N(c2cc([N+](=O)[O-])ccc2C(=O)O)C1. The van der Waals surface area contributed by atoms with Gasteiger partial charge in [-0.3, -0.25) is 14.9 Å². The van der Waals surface area contributed by atoms with Crippen molar-refractivity contribution in [1.29, 1.82) is 0 Å². The van der Waals surface area contributed by atoms with Crippen LogP contribution < -0.4 is 4.90 Å². The van der Waals surface area contributed by atoms with Crippen LogP contribution in [0, 0.1) is 28.4 Å². The second-order valence-corrected chi connectivity index (χ2v) is 4.34. The summed E-state index contributed by atoms with van der Waals surface area (Å²) in [5.41, 5.74) is -0.432. The number of amides is 1. The number of hydrogen-bond donors (Lipinski definition) is 1. The smallest absolute Gasteiger partial charge is 0.337 e. The van der Waals surface area contributed by atoms with Gasteiger partial charge in [-0.2, -0.15) is 0 Å². The van der Waals surface area contributed by atoms with E-state index in [2.05, 4.69) is 5.92 Å². The molecule has 1 aliphatic rings. The third-order valence-corrected chi connectivity index (χ3v) is 3.07. The number of carboxylic acids is 1. The Morgan fingerprint density at radius 2 is 2.25 bits per heavy atom. The van der Waals surface area contributed by atoms with Crippen LogP contribution in [0.1, 0.15) is 16.8 Å². The number of nitro groups is 1. The van der Waals surface area contributed by atoms with Gasteiger partial charge in [0.05, 0.1) is 16.2 Å². The summed E-state index contributed by atoms with van der Waals surface area (Å²) in [6.07, 6.45) is 5.37. The normalized spacial score (nSPS) is 17.9. The first-order chi connectivity index (χ1) is 9.43. The minimum atomic E-state index is -1.26. The van der Waals surface area contributed by atoms with E-state index in [1.54, 1.807) is 0 Å². The molecule has 1 aliphatic heterocycles. The van der Waals surface area contributed by atoms with Crippen molar-refractivity contribution < 1.29 is 19.6 Å². The summed E-state index contributed by atoms with van der Waals surface area (Å²) in [4.78, 5) is 34.4. The molecule has 0 radical (unpaired) electrons. The number of nitrogens with zero attached hydrogens (tertiary/aromatic N) is 2. The number of hydrogen-bond acceptors (Lipinski definition) is 4. The number of non-ortho nitro benzene ring substituents is 1. The number of aromatic carboxylic acids is 1. The lowest BCUT2D eigenvalue weighted by Gasteiger charge is -2.18. The van der Waals surface area contributed by atoms with Gasteiger partial charge < -0.3 is 10.0 Å². The van der Waals surface area contributed by atoms with Crippen LogP contribution in [-0.2, 0) is 4.79 Å². The third-order valence-electron chi connectivity index (χ3n) is 3.07. The van der Waals surface area contributed by atoms with E-state index in [1.807, 2.05) is 0 Å². The highest BCUT2D eigenvalue weighted by Gasteiger charge is 2.32. The van der Waals surface area contributed by atoms with E-state index in [9.17, 15) is 19.7 Å². The fourth-order valence-electron chi connectivity index (χ4n) is 2.09. The minimum absolute atomic E-state index is 0.00875. The maximum absolute atomic E-state index is 11.9. The van der Waals surface area contributed by atoms with E-state index in [-0.39, 0.29) is 41.7 Å². The number of carbonyl (C=O) groups is 2. The van der Waals surface area contributed by atoms with Gasteiger partial charge in [0.15, 0.2) is 0 Å². The van der Waals surface area contributed by atoms with Crippen molar-refractivity contribution in [3.05, 3.63) is 33.9 Å². The number of rotatable bonds is 3. The molecular weight excluding hydrogens is 264 g/mol. The van der Waals surface area contributed by atoms with E-state index < -0.39 is 10.9 Å². The van der Waals surface area contributed by atoms with Gasteiger partial charge in [-0.05, 0) is 6.07 Å². The van der Waals surface area contributed by atoms with Crippen LogP contribution in [0.2, 0.25) is 0 Å². The van der Waals surface area contributed by atoms with E-state index in [0.717, 1.165) is 18.2 Å². The molecule has 20 heavy (non-hydrogen) atoms. The molecule has 0 spiro atoms. The van der Waals surface area contributed by atoms with Crippen molar-refractivity contribution in [1.82, 2.24) is 0 Å². The lowest BCUT2D eigenvalue weighted by Crippen LogP contribution is -2.26. The van der Waals surface area contributed by atoms with Crippen molar-refractivity contribution >= 4 is 23.3 Å². The second kappa shape index (κ2) is 5.01. The van der Waals surface area contributed by atoms with E-state index in [0.29, 0.717) is 0 Å². The van der Waals surface area contributed by atoms with Gasteiger partial charge >= 0.3 is 5.97 Å². The van der Waals surface area contributed by atoms with Crippen LogP contribution in [0.3, 0.4) is 0 Å². The van der Waals surface area contributed by atoms with Crippen LogP contribution in [0.4, 0.5) is 11.4 Å². The average Bonchev–Trinajstić information content (AvgIpc) is 2.79. The highest BCUT2D eigenvalue weighted by Crippen LogP contribution is 2.31. The quantitative estimate of drug-likeness (QED) is 0.508. The van der Waals surface area contributed by atoms with E-state index in [4.69, 9.17) is 11.5 Å². The molecule has 1 fully saturated rings. The van der Waals surface area contributed by atoms with Crippen LogP contribution in [-0.4, -0.2) is 28.5 Å². The monoisotopic (exact) mass is 274 g/mol. The van der Waals surface area contributed by atoms with Gasteiger partial charge in [0.25, 0.3) is 5.69 Å². The largest absolute Gasteiger partial charge is 0.478 e. The Kier molecular flexibility index (Phi) is 3.39. The second-order valence-electron chi connectivity index (χ2n) is 4.34. The lowest BCUT2D eigenvalue weighted by atomic mass is 10.1. The highest BCUT2D eigenvalue weighted by molar-refractivity contribution is 6.03. The van der Waals surface area contributed by atoms with Gasteiger partial charge in [0.2, 0.25) is 5.91 Å². The van der Waals surface area contributed by atoms with Crippen LogP contribution in [0.25, 0.3) is 0 Å². The molecule has 0 saturated carbocycles. The number of anilines is 1. The highest BCUT2D eigenvalue weighted by atomic mass is 16.6. The van der Waals surface area contributed by atoms with Crippen LogP contribution in [0.15, 0.2) is 18.2 Å². The molecule has 1 heterocycles. The predicted octanol–water partition coefficient (Wildman–Crippen LogP) is 1.28. The minimum Gasteiger partial charge on any atom is -0.478 e. The Hall–Kier alpha value is -2.88. The van der Waals surface area contributed by atoms with Gasteiger partial charge in [-0.15, -0.1) is 12.3 Å². The van der Waals surface area contributed by atoms with Gasteiger partial charge in [0.1, 0.15) is 0 Å². The first-order valence-corrected chi connectivity index (χ1v) is 5.72. The zero-order valence-electron chi connectivity index (χ0n) is 10.3. The van der Waals surface area contributed by atoms with Gasteiger partial charge in [0, 0.05) is 31.0 Å². The summed E-state index contributed by atoms with van der Waals surface area (Å²) in [6, 6.07) is 3.29.